The molecule has 5 rings (SSSR count). The zero-order chi connectivity index (χ0) is 23.5. The van der Waals surface area contributed by atoms with Crippen molar-refractivity contribution in [1.82, 2.24) is 19.7 Å². The molecule has 1 aliphatic heterocycles. The van der Waals surface area contributed by atoms with Crippen LogP contribution in [0.5, 0.6) is 5.88 Å². The van der Waals surface area contributed by atoms with Crippen LogP contribution >= 0.6 is 11.6 Å². The Kier molecular flexibility index (Phi) is 6.84. The van der Waals surface area contributed by atoms with Gasteiger partial charge >= 0.3 is 0 Å². The van der Waals surface area contributed by atoms with Gasteiger partial charge in [-0.3, -0.25) is 9.67 Å². The first-order valence-electron chi connectivity index (χ1n) is 12.1. The fourth-order valence-corrected chi connectivity index (χ4v) is 4.92. The normalized spacial score (nSPS) is 16.4. The van der Waals surface area contributed by atoms with Crippen LogP contribution in [-0.4, -0.2) is 45.4 Å². The van der Waals surface area contributed by atoms with E-state index in [-0.39, 0.29) is 0 Å². The summed E-state index contributed by atoms with van der Waals surface area (Å²) in [6, 6.07) is 17.2. The van der Waals surface area contributed by atoms with Gasteiger partial charge in [-0.05, 0) is 86.7 Å². The van der Waals surface area contributed by atoms with E-state index in [2.05, 4.69) is 48.0 Å². The van der Waals surface area contributed by atoms with E-state index >= 15 is 0 Å². The van der Waals surface area contributed by atoms with Crippen molar-refractivity contribution in [2.45, 2.75) is 45.7 Å². The number of aromatic nitrogens is 3. The molecular formula is C28H31ClN4O. The number of nitrogens with zero attached hydrogens (tertiary/aromatic N) is 4. The van der Waals surface area contributed by atoms with Crippen molar-refractivity contribution in [2.24, 2.45) is 0 Å². The Hall–Kier alpha value is -2.89. The molecule has 4 aromatic rings. The maximum absolute atomic E-state index is 6.27. The lowest BCUT2D eigenvalue weighted by molar-refractivity contribution is 0.227. The molecule has 2 aromatic carbocycles. The van der Waals surface area contributed by atoms with Gasteiger partial charge in [-0.25, -0.2) is 0 Å². The van der Waals surface area contributed by atoms with Crippen LogP contribution in [0.2, 0.25) is 5.02 Å². The lowest BCUT2D eigenvalue weighted by Gasteiger charge is -2.20. The molecule has 176 valence electrons. The van der Waals surface area contributed by atoms with Gasteiger partial charge < -0.3 is 9.64 Å². The average Bonchev–Trinajstić information content (AvgIpc) is 3.41. The van der Waals surface area contributed by atoms with Crippen LogP contribution in [0.3, 0.4) is 0 Å². The molecule has 34 heavy (non-hydrogen) atoms. The molecule has 2 aromatic heterocycles. The molecule has 0 saturated carbocycles. The third kappa shape index (κ3) is 5.11. The van der Waals surface area contributed by atoms with Gasteiger partial charge in [0.05, 0.1) is 24.1 Å². The lowest BCUT2D eigenvalue weighted by Crippen LogP contribution is -2.28. The minimum atomic E-state index is 0.659. The molecule has 6 heteroatoms. The smallest absolute Gasteiger partial charge is 0.240 e. The number of hydrogen-bond acceptors (Lipinski definition) is 4. The van der Waals surface area contributed by atoms with Gasteiger partial charge in [0.25, 0.3) is 0 Å². The highest BCUT2D eigenvalue weighted by atomic mass is 35.5. The Balaban J connectivity index is 1.41. The molecule has 0 bridgehead atoms. The fourth-order valence-electron chi connectivity index (χ4n) is 4.79. The van der Waals surface area contributed by atoms with Gasteiger partial charge in [0, 0.05) is 35.6 Å². The van der Waals surface area contributed by atoms with Crippen LogP contribution in [0, 0.1) is 6.92 Å². The molecule has 0 aliphatic carbocycles. The van der Waals surface area contributed by atoms with Crippen LogP contribution in [0.4, 0.5) is 0 Å². The zero-order valence-electron chi connectivity index (χ0n) is 19.9. The number of hydrogen-bond donors (Lipinski definition) is 0. The van der Waals surface area contributed by atoms with E-state index in [0.717, 1.165) is 51.1 Å². The van der Waals surface area contributed by atoms with Crippen LogP contribution < -0.4 is 4.74 Å². The maximum atomic E-state index is 6.27. The minimum Gasteiger partial charge on any atom is -0.476 e. The van der Waals surface area contributed by atoms with Crippen molar-refractivity contribution in [1.29, 1.82) is 0 Å². The predicted octanol–water partition coefficient (Wildman–Crippen LogP) is 6.36. The summed E-state index contributed by atoms with van der Waals surface area (Å²) in [5, 5.41) is 6.64. The van der Waals surface area contributed by atoms with E-state index in [1.54, 1.807) is 0 Å². The second-order valence-corrected chi connectivity index (χ2v) is 9.74. The number of likely N-dealkylation sites (tertiary alicyclic amines) is 1. The standard InChI is InChI=1S/C28H31ClN4O/c1-20-15-24(18-30-17-20)23-8-11-27-26(16-23)28(34-14-4-13-32-12-3-5-21(32)2)31-33(27)19-22-6-9-25(29)10-7-22/h6-11,15-18,21H,3-5,12-14,19H2,1-2H3/t21-/m0/s1. The number of benzene rings is 2. The van der Waals surface area contributed by atoms with Crippen molar-refractivity contribution >= 4 is 22.5 Å². The molecule has 0 spiro atoms. The first-order valence-corrected chi connectivity index (χ1v) is 12.5. The minimum absolute atomic E-state index is 0.659. The van der Waals surface area contributed by atoms with Crippen LogP contribution in [0.1, 0.15) is 37.3 Å². The molecule has 1 aliphatic rings. The highest BCUT2D eigenvalue weighted by molar-refractivity contribution is 6.30. The van der Waals surface area contributed by atoms with E-state index in [1.807, 2.05) is 41.3 Å². The largest absolute Gasteiger partial charge is 0.476 e. The van der Waals surface area contributed by atoms with E-state index in [4.69, 9.17) is 21.4 Å². The topological polar surface area (TPSA) is 43.2 Å². The number of ether oxygens (including phenoxy) is 1. The van der Waals surface area contributed by atoms with Gasteiger partial charge in [0.1, 0.15) is 0 Å². The molecule has 3 heterocycles. The van der Waals surface area contributed by atoms with Gasteiger partial charge in [0.15, 0.2) is 0 Å². The van der Waals surface area contributed by atoms with E-state index < -0.39 is 0 Å². The van der Waals surface area contributed by atoms with E-state index in [1.165, 1.54) is 19.4 Å². The van der Waals surface area contributed by atoms with Crippen LogP contribution in [0.25, 0.3) is 22.0 Å². The monoisotopic (exact) mass is 474 g/mol. The highest BCUT2D eigenvalue weighted by Gasteiger charge is 2.19. The summed E-state index contributed by atoms with van der Waals surface area (Å²) in [7, 11) is 0. The van der Waals surface area contributed by atoms with Crippen molar-refractivity contribution in [3.05, 3.63) is 77.1 Å². The number of pyridine rings is 1. The van der Waals surface area contributed by atoms with Crippen molar-refractivity contribution in [3.8, 4) is 17.0 Å². The Bertz CT molecular complexity index is 1270. The SMILES string of the molecule is Cc1cncc(-c2ccc3c(c2)c(OCCCN2CCC[C@@H]2C)nn3Cc2ccc(Cl)cc2)c1. The summed E-state index contributed by atoms with van der Waals surface area (Å²) in [6.45, 7) is 7.98. The number of rotatable bonds is 8. The highest BCUT2D eigenvalue weighted by Crippen LogP contribution is 2.31. The van der Waals surface area contributed by atoms with Crippen molar-refractivity contribution in [3.63, 3.8) is 0 Å². The summed E-state index contributed by atoms with van der Waals surface area (Å²) in [5.41, 5.74) is 5.56. The Morgan fingerprint density at radius 1 is 1.06 bits per heavy atom. The van der Waals surface area contributed by atoms with Crippen LogP contribution in [0.15, 0.2) is 60.9 Å². The van der Waals surface area contributed by atoms with Gasteiger partial charge in [0.2, 0.25) is 5.88 Å². The molecule has 5 nitrogen and oxygen atoms in total. The van der Waals surface area contributed by atoms with E-state index in [9.17, 15) is 0 Å². The summed E-state index contributed by atoms with van der Waals surface area (Å²) in [5.74, 6) is 0.695. The first-order chi connectivity index (χ1) is 16.6. The predicted molar refractivity (Wildman–Crippen MR) is 139 cm³/mol. The molecule has 0 N–H and O–H groups in total. The van der Waals surface area contributed by atoms with Crippen LogP contribution in [-0.2, 0) is 6.54 Å². The molecule has 0 radical (unpaired) electrons. The number of aryl methyl sites for hydroxylation is 1. The lowest BCUT2D eigenvalue weighted by atomic mass is 10.0. The van der Waals surface area contributed by atoms with Gasteiger partial charge in [-0.1, -0.05) is 29.8 Å². The third-order valence-electron chi connectivity index (χ3n) is 6.69. The van der Waals surface area contributed by atoms with Crippen molar-refractivity contribution < 1.29 is 4.74 Å². The molecule has 1 atom stereocenters. The number of fused-ring (bicyclic) bond motifs is 1. The molecule has 1 fully saturated rings. The molecule has 0 unspecified atom stereocenters. The molecule has 0 amide bonds. The number of halogens is 1. The average molecular weight is 475 g/mol. The summed E-state index contributed by atoms with van der Waals surface area (Å²) >= 11 is 6.08. The van der Waals surface area contributed by atoms with Gasteiger partial charge in [-0.15, -0.1) is 5.10 Å². The molecular weight excluding hydrogens is 444 g/mol. The molecule has 1 saturated heterocycles. The summed E-state index contributed by atoms with van der Waals surface area (Å²) in [6.07, 6.45) is 7.39. The summed E-state index contributed by atoms with van der Waals surface area (Å²) < 4.78 is 8.29. The fraction of sp³-hybridized carbons (Fsp3) is 0.357. The first kappa shape index (κ1) is 22.9. The maximum Gasteiger partial charge on any atom is 0.240 e. The van der Waals surface area contributed by atoms with Gasteiger partial charge in [-0.2, -0.15) is 0 Å². The van der Waals surface area contributed by atoms with Crippen molar-refractivity contribution in [2.75, 3.05) is 19.7 Å². The summed E-state index contributed by atoms with van der Waals surface area (Å²) in [4.78, 5) is 6.93. The quantitative estimate of drug-likeness (QED) is 0.278. The third-order valence-corrected chi connectivity index (χ3v) is 6.94. The Morgan fingerprint density at radius 3 is 2.68 bits per heavy atom. The zero-order valence-corrected chi connectivity index (χ0v) is 20.6. The van der Waals surface area contributed by atoms with E-state index in [0.29, 0.717) is 25.1 Å². The second kappa shape index (κ2) is 10.2. The Morgan fingerprint density at radius 2 is 1.91 bits per heavy atom. The Labute approximate surface area is 206 Å². The second-order valence-electron chi connectivity index (χ2n) is 9.30.